The summed E-state index contributed by atoms with van der Waals surface area (Å²) in [5, 5.41) is 8.10. The molecule has 3 aromatic heterocycles. The number of anilines is 2. The second kappa shape index (κ2) is 12.5. The van der Waals surface area contributed by atoms with E-state index >= 15 is 0 Å². The molecule has 2 saturated heterocycles. The maximum absolute atomic E-state index is 14.2. The van der Waals surface area contributed by atoms with Gasteiger partial charge in [0.1, 0.15) is 17.2 Å². The van der Waals surface area contributed by atoms with Gasteiger partial charge in [-0.3, -0.25) is 4.68 Å². The summed E-state index contributed by atoms with van der Waals surface area (Å²) < 4.78 is 29.4. The molecule has 2 aliphatic rings. The lowest BCUT2D eigenvalue weighted by atomic mass is 9.98. The molecule has 46 heavy (non-hydrogen) atoms. The number of piperidine rings is 1. The SMILES string of the molecule is CNc1nc2cc(F)ccc2n1-c1nc(-c2c(C)nn(CC3CCCN(C(=O)OC(C)(C)C)C3)c2C)cc(N2CCOC[C@H]2C)n1. The molecule has 0 aliphatic carbocycles. The van der Waals surface area contributed by atoms with E-state index in [2.05, 4.69) is 29.0 Å². The minimum atomic E-state index is -0.532. The van der Waals surface area contributed by atoms with E-state index in [4.69, 9.17) is 24.5 Å². The maximum atomic E-state index is 14.2. The molecule has 6 rings (SSSR count). The zero-order valence-electron chi connectivity index (χ0n) is 27.8. The minimum Gasteiger partial charge on any atom is -0.444 e. The summed E-state index contributed by atoms with van der Waals surface area (Å²) in [4.78, 5) is 31.6. The molecular weight excluding hydrogens is 589 g/mol. The topological polar surface area (TPSA) is 115 Å². The van der Waals surface area contributed by atoms with Crippen molar-refractivity contribution in [1.82, 2.24) is 34.2 Å². The first kappa shape index (κ1) is 31.7. The molecule has 2 fully saturated rings. The van der Waals surface area contributed by atoms with Crippen molar-refractivity contribution in [2.75, 3.05) is 50.1 Å². The Morgan fingerprint density at radius 3 is 2.70 bits per heavy atom. The van der Waals surface area contributed by atoms with Gasteiger partial charge in [0.2, 0.25) is 11.9 Å². The number of rotatable bonds is 6. The van der Waals surface area contributed by atoms with Crippen LogP contribution in [-0.4, -0.2) is 91.8 Å². The van der Waals surface area contributed by atoms with Crippen LogP contribution < -0.4 is 10.2 Å². The van der Waals surface area contributed by atoms with Gasteiger partial charge in [0.15, 0.2) is 0 Å². The van der Waals surface area contributed by atoms with Crippen molar-refractivity contribution in [3.05, 3.63) is 41.5 Å². The molecule has 1 amide bonds. The number of nitrogens with one attached hydrogen (secondary N) is 1. The number of likely N-dealkylation sites (tertiary alicyclic amines) is 1. The number of imidazole rings is 1. The van der Waals surface area contributed by atoms with Crippen molar-refractivity contribution in [1.29, 1.82) is 0 Å². The van der Waals surface area contributed by atoms with Gasteiger partial charge in [-0.2, -0.15) is 10.1 Å². The molecule has 0 saturated carbocycles. The smallest absolute Gasteiger partial charge is 0.410 e. The van der Waals surface area contributed by atoms with Crippen LogP contribution in [0.3, 0.4) is 0 Å². The highest BCUT2D eigenvalue weighted by molar-refractivity contribution is 5.81. The predicted octanol–water partition coefficient (Wildman–Crippen LogP) is 5.35. The number of morpholine rings is 1. The first-order valence-electron chi connectivity index (χ1n) is 16.0. The number of nitrogens with zero attached hydrogens (tertiary/aromatic N) is 8. The molecule has 12 nitrogen and oxygen atoms in total. The first-order valence-corrected chi connectivity index (χ1v) is 16.0. The number of halogens is 1. The summed E-state index contributed by atoms with van der Waals surface area (Å²) in [5.41, 5.74) is 4.19. The Hall–Kier alpha value is -4.26. The average molecular weight is 634 g/mol. The standard InChI is InChI=1S/C33H44FN9O3/c1-20-19-45-14-13-41(20)28-16-26(37-31(38-28)43-27-11-10-24(34)15-25(27)36-30(43)35-7)29-21(2)39-42(22(29)3)18-23-9-8-12-40(17-23)32(44)46-33(4,5)6/h10-11,15-16,20,23H,8-9,12-14,17-19H2,1-7H3,(H,35,36)/t20-,23?/m1/s1. The van der Waals surface area contributed by atoms with Crippen LogP contribution in [0.25, 0.3) is 28.2 Å². The number of amides is 1. The largest absolute Gasteiger partial charge is 0.444 e. The highest BCUT2D eigenvalue weighted by atomic mass is 19.1. The quantitative estimate of drug-likeness (QED) is 0.300. The number of hydrogen-bond donors (Lipinski definition) is 1. The number of hydrogen-bond acceptors (Lipinski definition) is 9. The Balaban J connectivity index is 1.38. The van der Waals surface area contributed by atoms with Crippen LogP contribution in [0.5, 0.6) is 0 Å². The fourth-order valence-corrected chi connectivity index (χ4v) is 6.48. The summed E-state index contributed by atoms with van der Waals surface area (Å²) in [6.07, 6.45) is 1.66. The van der Waals surface area contributed by atoms with Gasteiger partial charge in [0, 0.05) is 56.6 Å². The number of ether oxygens (including phenoxy) is 2. The van der Waals surface area contributed by atoms with Crippen molar-refractivity contribution >= 4 is 28.9 Å². The zero-order valence-corrected chi connectivity index (χ0v) is 27.8. The summed E-state index contributed by atoms with van der Waals surface area (Å²) in [5.74, 6) is 1.59. The molecule has 13 heteroatoms. The molecular formula is C33H44FN9O3. The van der Waals surface area contributed by atoms with Gasteiger partial charge < -0.3 is 24.6 Å². The Morgan fingerprint density at radius 1 is 1.15 bits per heavy atom. The van der Waals surface area contributed by atoms with E-state index in [0.717, 1.165) is 41.3 Å². The minimum absolute atomic E-state index is 0.117. The van der Waals surface area contributed by atoms with Crippen LogP contribution >= 0.6 is 0 Å². The van der Waals surface area contributed by atoms with Gasteiger partial charge in [0.25, 0.3) is 0 Å². The van der Waals surface area contributed by atoms with Crippen LogP contribution in [0, 0.1) is 25.6 Å². The Bertz CT molecular complexity index is 1740. The molecule has 5 heterocycles. The summed E-state index contributed by atoms with van der Waals surface area (Å²) in [7, 11) is 1.77. The molecule has 0 bridgehead atoms. The number of fused-ring (bicyclic) bond motifs is 1. The molecule has 4 aromatic rings. The second-order valence-electron chi connectivity index (χ2n) is 13.3. The molecule has 0 spiro atoms. The molecule has 246 valence electrons. The van der Waals surface area contributed by atoms with E-state index in [-0.39, 0.29) is 23.9 Å². The van der Waals surface area contributed by atoms with Gasteiger partial charge >= 0.3 is 6.09 Å². The Kier molecular flexibility index (Phi) is 8.62. The maximum Gasteiger partial charge on any atom is 0.410 e. The van der Waals surface area contributed by atoms with Crippen molar-refractivity contribution in [3.63, 3.8) is 0 Å². The number of aromatic nitrogens is 6. The molecule has 1 unspecified atom stereocenters. The van der Waals surface area contributed by atoms with Gasteiger partial charge in [-0.1, -0.05) is 0 Å². The third-order valence-electron chi connectivity index (χ3n) is 8.64. The third kappa shape index (κ3) is 6.37. The fraction of sp³-hybridized carbons (Fsp3) is 0.545. The van der Waals surface area contributed by atoms with Gasteiger partial charge in [-0.25, -0.2) is 23.7 Å². The number of carbonyl (C=O) groups is 1. The fourth-order valence-electron chi connectivity index (χ4n) is 6.48. The van der Waals surface area contributed by atoms with Crippen LogP contribution in [0.4, 0.5) is 21.0 Å². The Labute approximate surface area is 268 Å². The monoisotopic (exact) mass is 633 g/mol. The predicted molar refractivity (Wildman–Crippen MR) is 175 cm³/mol. The Morgan fingerprint density at radius 2 is 1.96 bits per heavy atom. The van der Waals surface area contributed by atoms with E-state index in [0.29, 0.717) is 62.3 Å². The lowest BCUT2D eigenvalue weighted by Gasteiger charge is -2.34. The van der Waals surface area contributed by atoms with Crippen LogP contribution in [0.15, 0.2) is 24.3 Å². The molecule has 1 aromatic carbocycles. The molecule has 1 N–H and O–H groups in total. The van der Waals surface area contributed by atoms with E-state index in [1.165, 1.54) is 12.1 Å². The lowest BCUT2D eigenvalue weighted by molar-refractivity contribution is 0.0155. The van der Waals surface area contributed by atoms with E-state index in [1.54, 1.807) is 13.1 Å². The van der Waals surface area contributed by atoms with Crippen molar-refractivity contribution in [2.24, 2.45) is 5.92 Å². The van der Waals surface area contributed by atoms with E-state index in [9.17, 15) is 9.18 Å². The van der Waals surface area contributed by atoms with E-state index < -0.39 is 5.60 Å². The number of benzene rings is 1. The first-order chi connectivity index (χ1) is 21.9. The normalized spacial score (nSPS) is 19.1. The second-order valence-corrected chi connectivity index (χ2v) is 13.3. The van der Waals surface area contributed by atoms with Crippen molar-refractivity contribution in [2.45, 2.75) is 72.6 Å². The lowest BCUT2D eigenvalue weighted by Crippen LogP contribution is -2.44. The summed E-state index contributed by atoms with van der Waals surface area (Å²) >= 11 is 0. The highest BCUT2D eigenvalue weighted by Crippen LogP contribution is 2.33. The van der Waals surface area contributed by atoms with Crippen LogP contribution in [-0.2, 0) is 16.0 Å². The number of carbonyl (C=O) groups excluding carboxylic acids is 1. The van der Waals surface area contributed by atoms with E-state index in [1.807, 2.05) is 47.9 Å². The molecule has 0 radical (unpaired) electrons. The van der Waals surface area contributed by atoms with Gasteiger partial charge in [0.05, 0.1) is 41.7 Å². The molecule has 2 atom stereocenters. The number of aryl methyl sites for hydroxylation is 1. The van der Waals surface area contributed by atoms with Crippen LogP contribution in [0.2, 0.25) is 0 Å². The molecule has 2 aliphatic heterocycles. The van der Waals surface area contributed by atoms with Gasteiger partial charge in [-0.15, -0.1) is 0 Å². The van der Waals surface area contributed by atoms with Crippen molar-refractivity contribution < 1.29 is 18.7 Å². The van der Waals surface area contributed by atoms with Crippen LogP contribution in [0.1, 0.15) is 51.9 Å². The van der Waals surface area contributed by atoms with Gasteiger partial charge in [-0.05, 0) is 72.4 Å². The highest BCUT2D eigenvalue weighted by Gasteiger charge is 2.30. The summed E-state index contributed by atoms with van der Waals surface area (Å²) in [6, 6.07) is 6.67. The average Bonchev–Trinajstić information content (AvgIpc) is 3.51. The zero-order chi connectivity index (χ0) is 32.7. The van der Waals surface area contributed by atoms with Crippen molar-refractivity contribution in [3.8, 4) is 17.2 Å². The third-order valence-corrected chi connectivity index (χ3v) is 8.64. The summed E-state index contributed by atoms with van der Waals surface area (Å²) in [6.45, 7) is 15.8.